The molecule has 1 heterocycles. The lowest BCUT2D eigenvalue weighted by Crippen LogP contribution is -2.15. The summed E-state index contributed by atoms with van der Waals surface area (Å²) >= 11 is 0. The van der Waals surface area contributed by atoms with Crippen molar-refractivity contribution in [1.29, 1.82) is 0 Å². The lowest BCUT2D eigenvalue weighted by molar-refractivity contribution is 0.306. The highest BCUT2D eigenvalue weighted by Gasteiger charge is 2.19. The zero-order valence-corrected chi connectivity index (χ0v) is 11.2. The van der Waals surface area contributed by atoms with Crippen LogP contribution in [0.3, 0.4) is 0 Å². The van der Waals surface area contributed by atoms with Gasteiger partial charge in [0.2, 0.25) is 0 Å². The first-order chi connectivity index (χ1) is 9.29. The Balaban J connectivity index is 1.50. The summed E-state index contributed by atoms with van der Waals surface area (Å²) in [5.41, 5.74) is 2.39. The molecule has 1 aliphatic rings. The summed E-state index contributed by atoms with van der Waals surface area (Å²) in [6.45, 7) is 1.51. The molecule has 3 rings (SSSR count). The Morgan fingerprint density at radius 1 is 1.26 bits per heavy atom. The zero-order chi connectivity index (χ0) is 13.1. The molecule has 0 aliphatic heterocycles. The number of aryl methyl sites for hydroxylation is 1. The molecule has 0 bridgehead atoms. The molecule has 0 spiro atoms. The van der Waals surface area contributed by atoms with Crippen LogP contribution in [-0.4, -0.2) is 15.8 Å². The molecule has 0 saturated heterocycles. The smallest absolute Gasteiger partial charge is 0.119 e. The van der Waals surface area contributed by atoms with Crippen LogP contribution in [0, 0.1) is 0 Å². The molecule has 0 atom stereocenters. The first-order valence-electron chi connectivity index (χ1n) is 6.72. The van der Waals surface area contributed by atoms with Gasteiger partial charge in [0, 0.05) is 31.4 Å². The van der Waals surface area contributed by atoms with E-state index in [1.807, 2.05) is 31.6 Å². The molecular formula is C15H19N3O. The number of rotatable bonds is 6. The van der Waals surface area contributed by atoms with Crippen molar-refractivity contribution in [3.63, 3.8) is 0 Å². The van der Waals surface area contributed by atoms with Crippen molar-refractivity contribution >= 4 is 0 Å². The number of ether oxygens (including phenoxy) is 1. The van der Waals surface area contributed by atoms with Crippen molar-refractivity contribution < 1.29 is 4.74 Å². The number of nitrogens with zero attached hydrogens (tertiary/aromatic N) is 2. The highest BCUT2D eigenvalue weighted by Crippen LogP contribution is 2.20. The van der Waals surface area contributed by atoms with Gasteiger partial charge in [-0.25, -0.2) is 0 Å². The van der Waals surface area contributed by atoms with Gasteiger partial charge in [-0.15, -0.1) is 0 Å². The third kappa shape index (κ3) is 3.58. The van der Waals surface area contributed by atoms with E-state index in [2.05, 4.69) is 22.5 Å². The molecule has 0 unspecified atom stereocenters. The van der Waals surface area contributed by atoms with Gasteiger partial charge in [0.1, 0.15) is 12.4 Å². The lowest BCUT2D eigenvalue weighted by Gasteiger charge is -2.06. The Morgan fingerprint density at radius 2 is 2.05 bits per heavy atom. The largest absolute Gasteiger partial charge is 0.489 e. The minimum absolute atomic E-state index is 0.563. The van der Waals surface area contributed by atoms with Gasteiger partial charge in [-0.05, 0) is 30.5 Å². The summed E-state index contributed by atoms with van der Waals surface area (Å²) in [6, 6.07) is 9.05. The van der Waals surface area contributed by atoms with Gasteiger partial charge in [-0.2, -0.15) is 5.10 Å². The minimum atomic E-state index is 0.563. The third-order valence-electron chi connectivity index (χ3n) is 3.26. The summed E-state index contributed by atoms with van der Waals surface area (Å²) < 4.78 is 7.51. The summed E-state index contributed by atoms with van der Waals surface area (Å²) in [7, 11) is 1.91. The van der Waals surface area contributed by atoms with E-state index in [9.17, 15) is 0 Å². The number of hydrogen-bond donors (Lipinski definition) is 1. The fraction of sp³-hybridized carbons (Fsp3) is 0.400. The van der Waals surface area contributed by atoms with E-state index in [0.29, 0.717) is 6.61 Å². The molecule has 1 saturated carbocycles. The molecule has 2 aromatic rings. The van der Waals surface area contributed by atoms with Crippen molar-refractivity contribution in [2.24, 2.45) is 7.05 Å². The van der Waals surface area contributed by atoms with E-state index < -0.39 is 0 Å². The van der Waals surface area contributed by atoms with Gasteiger partial charge in [-0.3, -0.25) is 4.68 Å². The molecular weight excluding hydrogens is 238 g/mol. The van der Waals surface area contributed by atoms with Gasteiger partial charge < -0.3 is 10.1 Å². The van der Waals surface area contributed by atoms with Crippen molar-refractivity contribution in [1.82, 2.24) is 15.1 Å². The van der Waals surface area contributed by atoms with Crippen LogP contribution >= 0.6 is 0 Å². The summed E-state index contributed by atoms with van der Waals surface area (Å²) in [6.07, 6.45) is 6.44. The van der Waals surface area contributed by atoms with Crippen molar-refractivity contribution in [3.8, 4) is 5.75 Å². The molecule has 1 aromatic heterocycles. The van der Waals surface area contributed by atoms with Crippen molar-refractivity contribution in [2.75, 3.05) is 0 Å². The number of nitrogens with one attached hydrogen (secondary N) is 1. The van der Waals surface area contributed by atoms with Gasteiger partial charge in [0.05, 0.1) is 6.20 Å². The molecule has 1 aliphatic carbocycles. The number of benzene rings is 1. The van der Waals surface area contributed by atoms with Crippen LogP contribution in [0.1, 0.15) is 24.0 Å². The maximum atomic E-state index is 5.72. The Hall–Kier alpha value is -1.81. The van der Waals surface area contributed by atoms with Crippen LogP contribution in [0.4, 0.5) is 0 Å². The van der Waals surface area contributed by atoms with Crippen LogP contribution in [0.2, 0.25) is 0 Å². The van der Waals surface area contributed by atoms with Gasteiger partial charge in [0.15, 0.2) is 0 Å². The van der Waals surface area contributed by atoms with E-state index >= 15 is 0 Å². The second-order valence-corrected chi connectivity index (χ2v) is 5.11. The van der Waals surface area contributed by atoms with Crippen molar-refractivity contribution in [3.05, 3.63) is 47.8 Å². The summed E-state index contributed by atoms with van der Waals surface area (Å²) in [5.74, 6) is 0.902. The highest BCUT2D eigenvalue weighted by atomic mass is 16.5. The monoisotopic (exact) mass is 257 g/mol. The first-order valence-corrected chi connectivity index (χ1v) is 6.72. The molecule has 1 N–H and O–H groups in total. The quantitative estimate of drug-likeness (QED) is 0.862. The third-order valence-corrected chi connectivity index (χ3v) is 3.26. The first kappa shape index (κ1) is 12.2. The predicted octanol–water partition coefficient (Wildman–Crippen LogP) is 2.25. The fourth-order valence-electron chi connectivity index (χ4n) is 1.97. The van der Waals surface area contributed by atoms with Crippen molar-refractivity contribution in [2.45, 2.75) is 32.0 Å². The van der Waals surface area contributed by atoms with Gasteiger partial charge in [0.25, 0.3) is 0 Å². The Morgan fingerprint density at radius 3 is 2.68 bits per heavy atom. The topological polar surface area (TPSA) is 39.1 Å². The average Bonchev–Trinajstić information content (AvgIpc) is 3.17. The van der Waals surface area contributed by atoms with Crippen LogP contribution in [0.25, 0.3) is 0 Å². The van der Waals surface area contributed by atoms with Gasteiger partial charge >= 0.3 is 0 Å². The van der Waals surface area contributed by atoms with E-state index in [4.69, 9.17) is 4.74 Å². The molecule has 4 heteroatoms. The molecule has 0 amide bonds. The van der Waals surface area contributed by atoms with E-state index in [-0.39, 0.29) is 0 Å². The Bertz CT molecular complexity index is 529. The molecule has 100 valence electrons. The van der Waals surface area contributed by atoms with Crippen LogP contribution in [0.5, 0.6) is 5.75 Å². The Kier molecular flexibility index (Phi) is 3.51. The molecule has 4 nitrogen and oxygen atoms in total. The SMILES string of the molecule is Cn1cc(COc2ccc(CNC3CC3)cc2)cn1. The molecule has 1 fully saturated rings. The molecule has 0 radical (unpaired) electrons. The van der Waals surface area contributed by atoms with E-state index in [1.165, 1.54) is 18.4 Å². The number of hydrogen-bond acceptors (Lipinski definition) is 3. The van der Waals surface area contributed by atoms with E-state index in [1.54, 1.807) is 4.68 Å². The summed E-state index contributed by atoms with van der Waals surface area (Å²) in [5, 5.41) is 7.62. The second-order valence-electron chi connectivity index (χ2n) is 5.11. The lowest BCUT2D eigenvalue weighted by atomic mass is 10.2. The standard InChI is InChI=1S/C15H19N3O/c1-18-10-13(9-17-18)11-19-15-6-2-12(3-7-15)8-16-14-4-5-14/h2-3,6-7,9-10,14,16H,4-5,8,11H2,1H3. The maximum absolute atomic E-state index is 5.72. The second kappa shape index (κ2) is 5.45. The fourth-order valence-corrected chi connectivity index (χ4v) is 1.97. The molecule has 1 aromatic carbocycles. The van der Waals surface area contributed by atoms with E-state index in [0.717, 1.165) is 23.9 Å². The number of aromatic nitrogens is 2. The van der Waals surface area contributed by atoms with Crippen LogP contribution in [-0.2, 0) is 20.2 Å². The highest BCUT2D eigenvalue weighted by molar-refractivity contribution is 5.27. The zero-order valence-electron chi connectivity index (χ0n) is 11.2. The van der Waals surface area contributed by atoms with Crippen LogP contribution < -0.4 is 10.1 Å². The van der Waals surface area contributed by atoms with Crippen LogP contribution in [0.15, 0.2) is 36.7 Å². The normalized spacial score (nSPS) is 14.6. The molecule has 19 heavy (non-hydrogen) atoms. The average molecular weight is 257 g/mol. The van der Waals surface area contributed by atoms with Gasteiger partial charge in [-0.1, -0.05) is 12.1 Å². The minimum Gasteiger partial charge on any atom is -0.489 e. The predicted molar refractivity (Wildman–Crippen MR) is 73.8 cm³/mol. The summed E-state index contributed by atoms with van der Waals surface area (Å²) in [4.78, 5) is 0. The Labute approximate surface area is 113 Å². The maximum Gasteiger partial charge on any atom is 0.119 e.